The molecule has 0 saturated carbocycles. The number of anilines is 1. The molecule has 3 heterocycles. The quantitative estimate of drug-likeness (QED) is 0.184. The van der Waals surface area contributed by atoms with Crippen molar-refractivity contribution in [3.63, 3.8) is 0 Å². The average Bonchev–Trinajstić information content (AvgIpc) is 3.56. The van der Waals surface area contributed by atoms with Crippen LogP contribution in [-0.4, -0.2) is 65.6 Å². The van der Waals surface area contributed by atoms with Crippen molar-refractivity contribution in [3.05, 3.63) is 59.4 Å². The van der Waals surface area contributed by atoms with E-state index >= 15 is 8.78 Å². The van der Waals surface area contributed by atoms with Crippen LogP contribution in [0.4, 0.5) is 19.4 Å². The van der Waals surface area contributed by atoms with Crippen LogP contribution in [0.2, 0.25) is 0 Å². The first-order valence-electron chi connectivity index (χ1n) is 15.2. The van der Waals surface area contributed by atoms with Gasteiger partial charge in [-0.05, 0) is 98.5 Å². The lowest BCUT2D eigenvalue weighted by Gasteiger charge is -2.42. The van der Waals surface area contributed by atoms with Gasteiger partial charge in [0, 0.05) is 31.1 Å². The standard InChI is InChI=1S/C34H36F2N4O4/c1-34(2,3)44-33(41)40-21-10-11-22(40)17-39(16-21)31-26-13-12-25(29(35)30(26)37-32(36)38-31)27-15-23(43-18-42-4)14-20-9-8-19-6-5-7-24(19)28(20)27/h8-9,12-15,21-22H,5-7,10-11,16-18H2,1-4H3/t21-,22+. The first-order chi connectivity index (χ1) is 21.1. The molecule has 1 amide bonds. The Morgan fingerprint density at radius 1 is 1.00 bits per heavy atom. The highest BCUT2D eigenvalue weighted by atomic mass is 19.1. The van der Waals surface area contributed by atoms with Gasteiger partial charge in [0.15, 0.2) is 12.6 Å². The van der Waals surface area contributed by atoms with E-state index in [4.69, 9.17) is 14.2 Å². The normalized spacial score (nSPS) is 19.6. The summed E-state index contributed by atoms with van der Waals surface area (Å²) in [7, 11) is 1.55. The van der Waals surface area contributed by atoms with Crippen LogP contribution >= 0.6 is 0 Å². The first-order valence-corrected chi connectivity index (χ1v) is 15.2. The Hall–Kier alpha value is -4.05. The van der Waals surface area contributed by atoms with Gasteiger partial charge in [0.25, 0.3) is 0 Å². The Morgan fingerprint density at radius 3 is 2.50 bits per heavy atom. The van der Waals surface area contributed by atoms with Crippen molar-refractivity contribution in [1.82, 2.24) is 14.9 Å². The van der Waals surface area contributed by atoms with Gasteiger partial charge in [-0.1, -0.05) is 18.2 Å². The molecule has 8 nitrogen and oxygen atoms in total. The maximum absolute atomic E-state index is 16.6. The minimum absolute atomic E-state index is 0.0566. The minimum Gasteiger partial charge on any atom is -0.468 e. The SMILES string of the molecule is COCOc1cc(-c2ccc3c(N4C[C@H]5CC[C@@H](C4)N5C(=O)OC(C)(C)C)nc(F)nc3c2F)c2c3c(ccc2c1)CCC3. The van der Waals surface area contributed by atoms with Gasteiger partial charge in [-0.2, -0.15) is 14.4 Å². The smallest absolute Gasteiger partial charge is 0.410 e. The number of aryl methyl sites for hydroxylation is 2. The molecule has 1 aliphatic carbocycles. The number of carbonyl (C=O) groups is 1. The van der Waals surface area contributed by atoms with Crippen molar-refractivity contribution >= 4 is 33.6 Å². The summed E-state index contributed by atoms with van der Waals surface area (Å²) in [6, 6.07) is 11.3. The number of methoxy groups -OCH3 is 1. The van der Waals surface area contributed by atoms with Crippen molar-refractivity contribution in [2.45, 2.75) is 70.6 Å². The topological polar surface area (TPSA) is 77.0 Å². The number of halogens is 2. The summed E-state index contributed by atoms with van der Waals surface area (Å²) >= 11 is 0. The lowest BCUT2D eigenvalue weighted by Crippen LogP contribution is -2.57. The van der Waals surface area contributed by atoms with E-state index < -0.39 is 17.5 Å². The van der Waals surface area contributed by atoms with E-state index in [0.717, 1.165) is 42.9 Å². The molecule has 2 saturated heterocycles. The van der Waals surface area contributed by atoms with Gasteiger partial charge in [-0.25, -0.2) is 9.18 Å². The third-order valence-electron chi connectivity index (χ3n) is 8.95. The van der Waals surface area contributed by atoms with Crippen molar-refractivity contribution in [1.29, 1.82) is 0 Å². The molecule has 2 bridgehead atoms. The zero-order chi connectivity index (χ0) is 30.7. The molecule has 0 N–H and O–H groups in total. The fourth-order valence-corrected chi connectivity index (χ4v) is 7.21. The summed E-state index contributed by atoms with van der Waals surface area (Å²) in [6.07, 6.45) is 3.22. The van der Waals surface area contributed by atoms with Crippen molar-refractivity contribution in [2.75, 3.05) is 31.9 Å². The molecule has 0 radical (unpaired) electrons. The van der Waals surface area contributed by atoms with Crippen molar-refractivity contribution in [2.24, 2.45) is 0 Å². The number of ether oxygens (including phenoxy) is 3. The molecule has 4 aromatic rings. The number of aromatic nitrogens is 2. The third-order valence-corrected chi connectivity index (χ3v) is 8.95. The van der Waals surface area contributed by atoms with Gasteiger partial charge in [0.1, 0.15) is 22.7 Å². The average molecular weight is 603 g/mol. The molecule has 10 heteroatoms. The van der Waals surface area contributed by atoms with E-state index in [9.17, 15) is 4.79 Å². The van der Waals surface area contributed by atoms with Gasteiger partial charge in [0.2, 0.25) is 0 Å². The minimum atomic E-state index is -0.992. The number of fused-ring (bicyclic) bond motifs is 6. The fraction of sp³-hybridized carbons (Fsp3) is 0.441. The maximum Gasteiger partial charge on any atom is 0.410 e. The summed E-state index contributed by atoms with van der Waals surface area (Å²) in [6.45, 7) is 6.49. The third kappa shape index (κ3) is 4.99. The van der Waals surface area contributed by atoms with Gasteiger partial charge in [-0.15, -0.1) is 0 Å². The molecule has 0 unspecified atom stereocenters. The second kappa shape index (κ2) is 10.8. The second-order valence-corrected chi connectivity index (χ2v) is 13.0. The number of nitrogens with zero attached hydrogens (tertiary/aromatic N) is 4. The molecule has 2 aliphatic heterocycles. The Bertz CT molecular complexity index is 1780. The molecule has 230 valence electrons. The highest BCUT2D eigenvalue weighted by Crippen LogP contribution is 2.42. The van der Waals surface area contributed by atoms with Crippen LogP contribution in [0.1, 0.15) is 51.2 Å². The molecule has 44 heavy (non-hydrogen) atoms. The van der Waals surface area contributed by atoms with Gasteiger partial charge < -0.3 is 19.1 Å². The molecule has 1 aromatic heterocycles. The Kier molecular flexibility index (Phi) is 7.07. The molecule has 3 aromatic carbocycles. The summed E-state index contributed by atoms with van der Waals surface area (Å²) in [5, 5.41) is 2.35. The number of piperazine rings is 1. The summed E-state index contributed by atoms with van der Waals surface area (Å²) in [5.74, 6) is 0.280. The van der Waals surface area contributed by atoms with E-state index in [2.05, 4.69) is 16.0 Å². The predicted molar refractivity (Wildman–Crippen MR) is 164 cm³/mol. The van der Waals surface area contributed by atoms with Crippen LogP contribution in [0.15, 0.2) is 36.4 Å². The molecule has 0 spiro atoms. The number of amides is 1. The van der Waals surface area contributed by atoms with E-state index in [0.29, 0.717) is 41.2 Å². The number of carbonyl (C=O) groups excluding carboxylic acids is 1. The number of hydrogen-bond acceptors (Lipinski definition) is 7. The van der Waals surface area contributed by atoms with Crippen molar-refractivity contribution < 1.29 is 27.8 Å². The van der Waals surface area contributed by atoms with E-state index in [1.807, 2.05) is 48.8 Å². The van der Waals surface area contributed by atoms with Crippen molar-refractivity contribution in [3.8, 4) is 16.9 Å². The molecule has 3 aliphatic rings. The molecule has 2 fully saturated rings. The zero-order valence-electron chi connectivity index (χ0n) is 25.5. The molecule has 2 atom stereocenters. The number of benzene rings is 3. The van der Waals surface area contributed by atoms with Crippen LogP contribution in [0, 0.1) is 11.9 Å². The highest BCUT2D eigenvalue weighted by Gasteiger charge is 2.45. The van der Waals surface area contributed by atoms with Gasteiger partial charge >= 0.3 is 12.2 Å². The summed E-state index contributed by atoms with van der Waals surface area (Å²) < 4.78 is 48.3. The lowest BCUT2D eigenvalue weighted by atomic mass is 9.91. The predicted octanol–water partition coefficient (Wildman–Crippen LogP) is 6.79. The van der Waals surface area contributed by atoms with Crippen LogP contribution in [0.25, 0.3) is 32.8 Å². The van der Waals surface area contributed by atoms with Crippen LogP contribution in [-0.2, 0) is 22.3 Å². The second-order valence-electron chi connectivity index (χ2n) is 13.0. The van der Waals surface area contributed by atoms with Crippen LogP contribution < -0.4 is 9.64 Å². The van der Waals surface area contributed by atoms with Crippen LogP contribution in [0.5, 0.6) is 5.75 Å². The van der Waals surface area contributed by atoms with Gasteiger partial charge in [-0.3, -0.25) is 4.90 Å². The first kappa shape index (κ1) is 28.7. The molecule has 7 rings (SSSR count). The lowest BCUT2D eigenvalue weighted by molar-refractivity contribution is 0.0122. The van der Waals surface area contributed by atoms with E-state index in [-0.39, 0.29) is 30.5 Å². The van der Waals surface area contributed by atoms with Crippen LogP contribution in [0.3, 0.4) is 0 Å². The Labute approximate surface area is 254 Å². The summed E-state index contributed by atoms with van der Waals surface area (Å²) in [4.78, 5) is 24.9. The number of hydrogen-bond donors (Lipinski definition) is 0. The van der Waals surface area contributed by atoms with E-state index in [1.54, 1.807) is 19.2 Å². The molecular weight excluding hydrogens is 566 g/mol. The maximum atomic E-state index is 16.6. The van der Waals surface area contributed by atoms with Gasteiger partial charge in [0.05, 0.1) is 12.1 Å². The number of rotatable bonds is 5. The fourth-order valence-electron chi connectivity index (χ4n) is 7.21. The molecular formula is C34H36F2N4O4. The monoisotopic (exact) mass is 602 g/mol. The summed E-state index contributed by atoms with van der Waals surface area (Å²) in [5.41, 5.74) is 2.80. The Balaban J connectivity index is 1.30. The zero-order valence-corrected chi connectivity index (χ0v) is 25.5. The highest BCUT2D eigenvalue weighted by molar-refractivity contribution is 6.03. The Morgan fingerprint density at radius 2 is 1.77 bits per heavy atom. The largest absolute Gasteiger partial charge is 0.468 e. The van der Waals surface area contributed by atoms with E-state index in [1.165, 1.54) is 11.1 Å².